The zero-order valence-corrected chi connectivity index (χ0v) is 72.2. The van der Waals surface area contributed by atoms with Crippen LogP contribution in [0.2, 0.25) is 0 Å². The summed E-state index contributed by atoms with van der Waals surface area (Å²) in [5.41, 5.74) is 0. The molecule has 0 saturated carbocycles. The second-order valence-corrected chi connectivity index (χ2v) is 35.3. The number of phosphoric acid groups is 2. The van der Waals surface area contributed by atoms with Crippen molar-refractivity contribution in [3.05, 3.63) is 0 Å². The maximum Gasteiger partial charge on any atom is 0.472 e. The Bertz CT molecular complexity index is 2050. The Morgan fingerprint density at radius 2 is 0.477 bits per heavy atom. The molecule has 6 atom stereocenters. The van der Waals surface area contributed by atoms with Crippen molar-refractivity contribution in [1.82, 2.24) is 0 Å². The van der Waals surface area contributed by atoms with Gasteiger partial charge in [-0.2, -0.15) is 0 Å². The van der Waals surface area contributed by atoms with Crippen LogP contribution < -0.4 is 0 Å². The molecule has 3 N–H and O–H groups in total. The lowest BCUT2D eigenvalue weighted by molar-refractivity contribution is -0.161. The van der Waals surface area contributed by atoms with Crippen LogP contribution in [0.5, 0.6) is 0 Å². The number of unbranched alkanes of at least 4 members (excludes halogenated alkanes) is 56. The minimum absolute atomic E-state index is 0.108. The molecule has 0 radical (unpaired) electrons. The summed E-state index contributed by atoms with van der Waals surface area (Å²) in [4.78, 5) is 73.2. The van der Waals surface area contributed by atoms with E-state index in [2.05, 4.69) is 41.5 Å². The van der Waals surface area contributed by atoms with E-state index in [0.717, 1.165) is 102 Å². The van der Waals surface area contributed by atoms with E-state index in [0.29, 0.717) is 31.6 Å². The van der Waals surface area contributed by atoms with Gasteiger partial charge in [-0.25, -0.2) is 9.13 Å². The number of hydrogen-bond donors (Lipinski definition) is 3. The average Bonchev–Trinajstić information content (AvgIpc) is 0.901. The fourth-order valence-corrected chi connectivity index (χ4v) is 15.3. The van der Waals surface area contributed by atoms with E-state index >= 15 is 0 Å². The van der Waals surface area contributed by atoms with Gasteiger partial charge in [0.1, 0.15) is 19.3 Å². The van der Waals surface area contributed by atoms with Gasteiger partial charge in [0.25, 0.3) is 0 Å². The highest BCUT2D eigenvalue weighted by atomic mass is 31.2. The maximum absolute atomic E-state index is 13.2. The van der Waals surface area contributed by atoms with Crippen LogP contribution in [0.3, 0.4) is 0 Å². The van der Waals surface area contributed by atoms with Gasteiger partial charge in [-0.1, -0.05) is 420 Å². The number of hydrogen-bond acceptors (Lipinski definition) is 15. The van der Waals surface area contributed by atoms with Gasteiger partial charge < -0.3 is 33.8 Å². The van der Waals surface area contributed by atoms with Crippen molar-refractivity contribution in [1.29, 1.82) is 0 Å². The number of esters is 4. The van der Waals surface area contributed by atoms with Crippen LogP contribution in [0.4, 0.5) is 0 Å². The van der Waals surface area contributed by atoms with Crippen molar-refractivity contribution >= 4 is 39.5 Å². The molecule has 0 bridgehead atoms. The Labute approximate surface area is 658 Å². The van der Waals surface area contributed by atoms with Crippen LogP contribution in [0, 0.1) is 11.8 Å². The fraction of sp³-hybridized carbons (Fsp3) is 0.955. The van der Waals surface area contributed by atoms with Gasteiger partial charge in [0.05, 0.1) is 26.4 Å². The third kappa shape index (κ3) is 80.5. The summed E-state index contributed by atoms with van der Waals surface area (Å²) in [6, 6.07) is 0. The molecule has 0 aliphatic carbocycles. The summed E-state index contributed by atoms with van der Waals surface area (Å²) in [6.07, 6.45) is 72.5. The Kier molecular flexibility index (Phi) is 77.9. The molecule has 0 spiro atoms. The van der Waals surface area contributed by atoms with Crippen LogP contribution in [-0.2, 0) is 65.4 Å². The summed E-state index contributed by atoms with van der Waals surface area (Å²) in [5.74, 6) is -0.574. The van der Waals surface area contributed by atoms with E-state index in [1.165, 1.54) is 283 Å². The normalized spacial score (nSPS) is 14.0. The van der Waals surface area contributed by atoms with E-state index < -0.39 is 97.5 Å². The summed E-state index contributed by atoms with van der Waals surface area (Å²) < 4.78 is 68.9. The highest BCUT2D eigenvalue weighted by Gasteiger charge is 2.31. The summed E-state index contributed by atoms with van der Waals surface area (Å²) in [6.45, 7) is 9.65. The molecule has 17 nitrogen and oxygen atoms in total. The Hall–Kier alpha value is -1.94. The van der Waals surface area contributed by atoms with E-state index in [4.69, 9.17) is 37.0 Å². The largest absolute Gasteiger partial charge is 0.472 e. The molecule has 0 fully saturated rings. The first-order valence-corrected chi connectivity index (χ1v) is 48.5. The Morgan fingerprint density at radius 3 is 0.710 bits per heavy atom. The van der Waals surface area contributed by atoms with E-state index in [9.17, 15) is 43.2 Å². The highest BCUT2D eigenvalue weighted by Crippen LogP contribution is 2.45. The average molecular weight is 1560 g/mol. The molecule has 0 aromatic heterocycles. The molecule has 19 heteroatoms. The van der Waals surface area contributed by atoms with Gasteiger partial charge in [-0.3, -0.25) is 37.3 Å². The molecule has 0 aromatic rings. The lowest BCUT2D eigenvalue weighted by Crippen LogP contribution is -2.30. The van der Waals surface area contributed by atoms with Crippen molar-refractivity contribution < 1.29 is 80.2 Å². The van der Waals surface area contributed by atoms with Crippen LogP contribution in [0.25, 0.3) is 0 Å². The highest BCUT2D eigenvalue weighted by molar-refractivity contribution is 7.47. The zero-order chi connectivity index (χ0) is 78.5. The van der Waals surface area contributed by atoms with Crippen molar-refractivity contribution in [2.45, 2.75) is 490 Å². The fourth-order valence-electron chi connectivity index (χ4n) is 13.7. The third-order valence-corrected chi connectivity index (χ3v) is 23.0. The Morgan fingerprint density at radius 1 is 0.271 bits per heavy atom. The second kappa shape index (κ2) is 79.3. The molecule has 0 aromatic carbocycles. The molecule has 0 heterocycles. The molecule has 636 valence electrons. The van der Waals surface area contributed by atoms with Crippen molar-refractivity contribution in [2.24, 2.45) is 11.8 Å². The van der Waals surface area contributed by atoms with Gasteiger partial charge >= 0.3 is 39.5 Å². The minimum atomic E-state index is -4.97. The van der Waals surface area contributed by atoms with E-state index in [-0.39, 0.29) is 25.7 Å². The van der Waals surface area contributed by atoms with Crippen LogP contribution in [0.15, 0.2) is 0 Å². The molecule has 107 heavy (non-hydrogen) atoms. The summed E-state index contributed by atoms with van der Waals surface area (Å²) >= 11 is 0. The number of phosphoric ester groups is 2. The first kappa shape index (κ1) is 105. The standard InChI is InChI=1S/C88H172O17P2/c1-7-10-12-14-16-18-20-22-24-26-28-29-30-31-33-35-41-45-49-53-61-66-72-87(92)104-83(76-98-85(90)70-64-58-51-47-43-39-37-36-38-42-46-50-57-63-69-81(6)9-3)78-102-106(94,95)100-74-82(89)75-101-107(96,97)103-79-84(77-99-86(91)71-65-59-55-54-56-62-68-80(4)5)105-88(93)73-67-60-52-48-44-40-34-32-27-25-23-21-19-17-15-13-11-8-2/h80-84,89H,7-79H2,1-6H3,(H,94,95)(H,96,97)/t81?,82-,83-,84-/m1/s1. The van der Waals surface area contributed by atoms with Crippen molar-refractivity contribution in [3.63, 3.8) is 0 Å². The monoisotopic (exact) mass is 1560 g/mol. The third-order valence-electron chi connectivity index (χ3n) is 21.1. The molecule has 0 amide bonds. The number of carbonyl (C=O) groups excluding carboxylic acids is 4. The molecule has 3 unspecified atom stereocenters. The minimum Gasteiger partial charge on any atom is -0.462 e. The summed E-state index contributed by atoms with van der Waals surface area (Å²) in [5, 5.41) is 10.7. The number of carbonyl (C=O) groups is 4. The van der Waals surface area contributed by atoms with Crippen LogP contribution in [-0.4, -0.2) is 96.7 Å². The lowest BCUT2D eigenvalue weighted by atomic mass is 9.99. The van der Waals surface area contributed by atoms with Gasteiger partial charge in [0, 0.05) is 25.7 Å². The SMILES string of the molecule is CCCCCCCCCCCCCCCCCCCCCCCCC(=O)O[C@H](COC(=O)CCCCCCCCCCCCCCCCC(C)CC)COP(=O)(O)OC[C@@H](O)COP(=O)(O)OC[C@@H](COC(=O)CCCCCCCCC(C)C)OC(=O)CCCCCCCCCCCCCCCCCCCC. The number of aliphatic hydroxyl groups is 1. The quantitative estimate of drug-likeness (QED) is 0.0222. The predicted octanol–water partition coefficient (Wildman–Crippen LogP) is 27.0. The Balaban J connectivity index is 5.20. The molecule has 0 aliphatic heterocycles. The predicted molar refractivity (Wildman–Crippen MR) is 442 cm³/mol. The molecule has 0 saturated heterocycles. The van der Waals surface area contributed by atoms with E-state index in [1.54, 1.807) is 0 Å². The van der Waals surface area contributed by atoms with Crippen molar-refractivity contribution in [3.8, 4) is 0 Å². The number of rotatable bonds is 87. The maximum atomic E-state index is 13.2. The number of ether oxygens (including phenoxy) is 4. The van der Waals surface area contributed by atoms with Crippen LogP contribution in [0.1, 0.15) is 472 Å². The summed E-state index contributed by atoms with van der Waals surface area (Å²) in [7, 11) is -9.93. The van der Waals surface area contributed by atoms with Gasteiger partial charge in [-0.15, -0.1) is 0 Å². The van der Waals surface area contributed by atoms with Gasteiger partial charge in [-0.05, 0) is 37.5 Å². The molecular weight excluding hydrogens is 1390 g/mol. The van der Waals surface area contributed by atoms with Gasteiger partial charge in [0.15, 0.2) is 12.2 Å². The molecule has 0 rings (SSSR count). The second-order valence-electron chi connectivity index (χ2n) is 32.4. The smallest absolute Gasteiger partial charge is 0.462 e. The van der Waals surface area contributed by atoms with Crippen molar-refractivity contribution in [2.75, 3.05) is 39.6 Å². The topological polar surface area (TPSA) is 237 Å². The van der Waals surface area contributed by atoms with Gasteiger partial charge in [0.2, 0.25) is 0 Å². The zero-order valence-electron chi connectivity index (χ0n) is 70.5. The number of aliphatic hydroxyl groups excluding tert-OH is 1. The lowest BCUT2D eigenvalue weighted by Gasteiger charge is -2.21. The molecule has 0 aliphatic rings. The first-order chi connectivity index (χ1) is 51.9. The molecular formula is C88H172O17P2. The van der Waals surface area contributed by atoms with E-state index in [1.807, 2.05) is 0 Å². The first-order valence-electron chi connectivity index (χ1n) is 45.5. The van der Waals surface area contributed by atoms with Crippen LogP contribution >= 0.6 is 15.6 Å².